The van der Waals surface area contributed by atoms with E-state index in [1.54, 1.807) is 16.8 Å². The molecular weight excluding hydrogens is 410 g/mol. The molecule has 4 rings (SSSR count). The molecule has 0 aliphatic heterocycles. The number of fused-ring (bicyclic) bond motifs is 1. The molecule has 0 saturated heterocycles. The Balaban J connectivity index is 1.83. The lowest BCUT2D eigenvalue weighted by Crippen LogP contribution is -1.98. The van der Waals surface area contributed by atoms with Crippen LogP contribution in [0.25, 0.3) is 28.3 Å². The standard InChI is InChI=1S/C16H11BrF2N6O/c1-26-12-5-14-22-11(10-3-2-4-13(17)21-10)8-24(14)23-15(12)9-6-20-25(7-9)16(18)19/h2-8,16H,1H3. The van der Waals surface area contributed by atoms with Gasteiger partial charge in [0.1, 0.15) is 16.0 Å². The van der Waals surface area contributed by atoms with Gasteiger partial charge in [-0.15, -0.1) is 0 Å². The van der Waals surface area contributed by atoms with E-state index in [0.717, 1.165) is 0 Å². The molecule has 0 amide bonds. The maximum Gasteiger partial charge on any atom is 0.333 e. The predicted molar refractivity (Wildman–Crippen MR) is 92.9 cm³/mol. The normalized spacial score (nSPS) is 11.4. The molecule has 0 fully saturated rings. The van der Waals surface area contributed by atoms with Gasteiger partial charge in [-0.25, -0.2) is 19.2 Å². The Morgan fingerprint density at radius 3 is 2.69 bits per heavy atom. The molecule has 0 unspecified atom stereocenters. The molecule has 10 heteroatoms. The highest BCUT2D eigenvalue weighted by Gasteiger charge is 2.16. The van der Waals surface area contributed by atoms with E-state index in [0.29, 0.717) is 43.3 Å². The molecule has 7 nitrogen and oxygen atoms in total. The topological polar surface area (TPSA) is 70.1 Å². The predicted octanol–water partition coefficient (Wildman–Crippen LogP) is 3.82. The van der Waals surface area contributed by atoms with Crippen LogP contribution in [0.3, 0.4) is 0 Å². The molecule has 0 bridgehead atoms. The number of hydrogen-bond acceptors (Lipinski definition) is 5. The molecule has 4 heterocycles. The molecular formula is C16H11BrF2N6O. The Morgan fingerprint density at radius 1 is 1.15 bits per heavy atom. The van der Waals surface area contributed by atoms with E-state index in [4.69, 9.17) is 4.74 Å². The van der Waals surface area contributed by atoms with Crippen LogP contribution in [0.5, 0.6) is 5.75 Å². The number of methoxy groups -OCH3 is 1. The zero-order chi connectivity index (χ0) is 18.3. The molecule has 26 heavy (non-hydrogen) atoms. The Kier molecular flexibility index (Phi) is 4.11. The summed E-state index contributed by atoms with van der Waals surface area (Å²) in [6, 6.07) is 7.19. The molecule has 132 valence electrons. The fraction of sp³-hybridized carbons (Fsp3) is 0.125. The zero-order valence-electron chi connectivity index (χ0n) is 13.3. The second-order valence-corrected chi connectivity index (χ2v) is 6.13. The SMILES string of the molecule is COc1cc2nc(-c3cccc(Br)n3)cn2nc1-c1cnn(C(F)F)c1. The van der Waals surface area contributed by atoms with Crippen LogP contribution in [0.2, 0.25) is 0 Å². The van der Waals surface area contributed by atoms with Gasteiger partial charge in [0.25, 0.3) is 0 Å². The van der Waals surface area contributed by atoms with Crippen molar-refractivity contribution in [2.75, 3.05) is 7.11 Å². The van der Waals surface area contributed by atoms with Crippen LogP contribution >= 0.6 is 15.9 Å². The molecule has 4 aromatic heterocycles. The van der Waals surface area contributed by atoms with Gasteiger partial charge in [0.15, 0.2) is 11.4 Å². The summed E-state index contributed by atoms with van der Waals surface area (Å²) in [6.07, 6.45) is 4.25. The van der Waals surface area contributed by atoms with Crippen LogP contribution in [0.4, 0.5) is 8.78 Å². The second kappa shape index (κ2) is 6.45. The van der Waals surface area contributed by atoms with Crippen molar-refractivity contribution >= 4 is 21.6 Å². The van der Waals surface area contributed by atoms with Gasteiger partial charge >= 0.3 is 6.55 Å². The fourth-order valence-corrected chi connectivity index (χ4v) is 2.85. The van der Waals surface area contributed by atoms with Gasteiger partial charge in [-0.2, -0.15) is 19.0 Å². The summed E-state index contributed by atoms with van der Waals surface area (Å²) >= 11 is 3.33. The second-order valence-electron chi connectivity index (χ2n) is 5.32. The number of rotatable bonds is 4. The minimum absolute atomic E-state index is 0.387. The van der Waals surface area contributed by atoms with Crippen LogP contribution in [0, 0.1) is 0 Å². The molecule has 0 aliphatic rings. The lowest BCUT2D eigenvalue weighted by atomic mass is 10.2. The summed E-state index contributed by atoms with van der Waals surface area (Å²) in [5.41, 5.74) is 2.65. The van der Waals surface area contributed by atoms with Crippen molar-refractivity contribution < 1.29 is 13.5 Å². The first-order chi connectivity index (χ1) is 12.5. The third kappa shape index (κ3) is 2.92. The van der Waals surface area contributed by atoms with Gasteiger partial charge < -0.3 is 4.74 Å². The summed E-state index contributed by atoms with van der Waals surface area (Å²) in [5, 5.41) is 8.09. The third-order valence-corrected chi connectivity index (χ3v) is 4.13. The highest BCUT2D eigenvalue weighted by atomic mass is 79.9. The molecule has 0 aromatic carbocycles. The number of nitrogens with zero attached hydrogens (tertiary/aromatic N) is 6. The van der Waals surface area contributed by atoms with Crippen LogP contribution in [-0.4, -0.2) is 36.5 Å². The summed E-state index contributed by atoms with van der Waals surface area (Å²) in [5.74, 6) is 0.408. The van der Waals surface area contributed by atoms with Crippen molar-refractivity contribution in [3.8, 4) is 28.4 Å². The highest BCUT2D eigenvalue weighted by Crippen LogP contribution is 2.30. The Hall–Kier alpha value is -2.88. The molecule has 0 spiro atoms. The minimum Gasteiger partial charge on any atom is -0.494 e. The van der Waals surface area contributed by atoms with E-state index in [9.17, 15) is 8.78 Å². The lowest BCUT2D eigenvalue weighted by Gasteiger charge is -2.06. The van der Waals surface area contributed by atoms with E-state index in [1.165, 1.54) is 19.5 Å². The molecule has 0 N–H and O–H groups in total. The average Bonchev–Trinajstić information content (AvgIpc) is 3.27. The monoisotopic (exact) mass is 420 g/mol. The van der Waals surface area contributed by atoms with E-state index in [1.807, 2.05) is 18.2 Å². The summed E-state index contributed by atoms with van der Waals surface area (Å²) in [6.45, 7) is -2.72. The van der Waals surface area contributed by atoms with Crippen LogP contribution in [0.1, 0.15) is 6.55 Å². The number of halogens is 3. The first kappa shape index (κ1) is 16.6. The Labute approximate surface area is 154 Å². The van der Waals surface area contributed by atoms with Crippen LogP contribution in [-0.2, 0) is 0 Å². The molecule has 0 atom stereocenters. The number of alkyl halides is 2. The average molecular weight is 421 g/mol. The van der Waals surface area contributed by atoms with E-state index >= 15 is 0 Å². The zero-order valence-corrected chi connectivity index (χ0v) is 14.9. The number of ether oxygens (including phenoxy) is 1. The first-order valence-corrected chi connectivity index (χ1v) is 8.24. The highest BCUT2D eigenvalue weighted by molar-refractivity contribution is 9.10. The van der Waals surface area contributed by atoms with Crippen molar-refractivity contribution in [1.29, 1.82) is 0 Å². The van der Waals surface area contributed by atoms with Gasteiger partial charge in [-0.1, -0.05) is 6.07 Å². The Morgan fingerprint density at radius 2 is 2.00 bits per heavy atom. The molecule has 0 aliphatic carbocycles. The van der Waals surface area contributed by atoms with Crippen molar-refractivity contribution in [2.24, 2.45) is 0 Å². The maximum absolute atomic E-state index is 12.8. The smallest absolute Gasteiger partial charge is 0.333 e. The van der Waals surface area contributed by atoms with Gasteiger partial charge in [0.2, 0.25) is 0 Å². The summed E-state index contributed by atoms with van der Waals surface area (Å²) in [7, 11) is 1.48. The number of aromatic nitrogens is 6. The van der Waals surface area contributed by atoms with Gasteiger partial charge in [0, 0.05) is 17.8 Å². The maximum atomic E-state index is 12.8. The summed E-state index contributed by atoms with van der Waals surface area (Å²) < 4.78 is 33.7. The van der Waals surface area contributed by atoms with Crippen molar-refractivity contribution in [3.05, 3.63) is 47.5 Å². The summed E-state index contributed by atoms with van der Waals surface area (Å²) in [4.78, 5) is 8.87. The Bertz CT molecular complexity index is 1090. The van der Waals surface area contributed by atoms with Gasteiger partial charge in [0.05, 0.1) is 25.2 Å². The lowest BCUT2D eigenvalue weighted by molar-refractivity contribution is 0.0566. The van der Waals surface area contributed by atoms with Gasteiger partial charge in [-0.3, -0.25) is 0 Å². The first-order valence-electron chi connectivity index (χ1n) is 7.45. The number of pyridine rings is 1. The van der Waals surface area contributed by atoms with Crippen molar-refractivity contribution in [3.63, 3.8) is 0 Å². The molecule has 4 aromatic rings. The van der Waals surface area contributed by atoms with E-state index < -0.39 is 6.55 Å². The van der Waals surface area contributed by atoms with Crippen LogP contribution in [0.15, 0.2) is 47.5 Å². The molecule has 0 radical (unpaired) electrons. The van der Waals surface area contributed by atoms with E-state index in [2.05, 4.69) is 36.1 Å². The minimum atomic E-state index is -2.72. The van der Waals surface area contributed by atoms with Gasteiger partial charge in [-0.05, 0) is 28.1 Å². The largest absolute Gasteiger partial charge is 0.494 e. The number of hydrogen-bond donors (Lipinski definition) is 0. The van der Waals surface area contributed by atoms with Crippen molar-refractivity contribution in [1.82, 2.24) is 29.4 Å². The quantitative estimate of drug-likeness (QED) is 0.469. The van der Waals surface area contributed by atoms with Crippen LogP contribution < -0.4 is 4.74 Å². The van der Waals surface area contributed by atoms with Crippen molar-refractivity contribution in [2.45, 2.75) is 6.55 Å². The number of imidazole rings is 1. The fourth-order valence-electron chi connectivity index (χ4n) is 2.50. The molecule has 0 saturated carbocycles. The van der Waals surface area contributed by atoms with E-state index in [-0.39, 0.29) is 0 Å². The third-order valence-electron chi connectivity index (χ3n) is 3.69.